The molecule has 0 aromatic carbocycles. The molecule has 3 heterocycles. The van der Waals surface area contributed by atoms with Crippen molar-refractivity contribution in [3.63, 3.8) is 0 Å². The first-order chi connectivity index (χ1) is 15.8. The molecular formula is C23H22F2N4O4. The Morgan fingerprint density at radius 2 is 1.97 bits per heavy atom. The minimum absolute atomic E-state index is 0.122. The highest BCUT2D eigenvalue weighted by Gasteiger charge is 2.73. The maximum Gasteiger partial charge on any atom is 0.311 e. The number of aromatic nitrogens is 3. The van der Waals surface area contributed by atoms with Crippen LogP contribution in [0, 0.1) is 5.41 Å². The van der Waals surface area contributed by atoms with Gasteiger partial charge in [0.05, 0.1) is 24.8 Å². The van der Waals surface area contributed by atoms with E-state index in [1.54, 1.807) is 16.7 Å². The molecule has 0 spiro atoms. The fourth-order valence-corrected chi connectivity index (χ4v) is 5.02. The maximum atomic E-state index is 13.0. The van der Waals surface area contributed by atoms with Crippen LogP contribution in [0.2, 0.25) is 0 Å². The van der Waals surface area contributed by atoms with E-state index in [0.717, 1.165) is 5.69 Å². The van der Waals surface area contributed by atoms with E-state index in [-0.39, 0.29) is 22.5 Å². The number of esters is 1. The second-order valence-corrected chi connectivity index (χ2v) is 8.66. The van der Waals surface area contributed by atoms with Crippen molar-refractivity contribution in [2.75, 3.05) is 19.0 Å². The molecule has 2 bridgehead atoms. The molecule has 3 aliphatic rings. The molecule has 3 aromatic rings. The van der Waals surface area contributed by atoms with Gasteiger partial charge in [-0.25, -0.2) is 18.7 Å². The fraction of sp³-hybridized carbons (Fsp3) is 0.391. The lowest BCUT2D eigenvalue weighted by Gasteiger charge is -2.67. The van der Waals surface area contributed by atoms with Gasteiger partial charge in [-0.3, -0.25) is 9.59 Å². The number of carbonyl (C=O) groups is 2. The molecule has 3 aromatic heterocycles. The summed E-state index contributed by atoms with van der Waals surface area (Å²) in [6.45, 7) is 2.17. The number of anilines is 1. The molecule has 0 radical (unpaired) electrons. The predicted molar refractivity (Wildman–Crippen MR) is 113 cm³/mol. The number of nitrogens with zero attached hydrogens (tertiary/aromatic N) is 3. The summed E-state index contributed by atoms with van der Waals surface area (Å²) >= 11 is 0. The molecule has 6 rings (SSSR count). The number of fused-ring (bicyclic) bond motifs is 1. The van der Waals surface area contributed by atoms with Crippen LogP contribution >= 0.6 is 0 Å². The van der Waals surface area contributed by atoms with Gasteiger partial charge in [0.1, 0.15) is 28.5 Å². The zero-order chi connectivity index (χ0) is 23.4. The Kier molecular flexibility index (Phi) is 4.84. The van der Waals surface area contributed by atoms with Gasteiger partial charge < -0.3 is 19.2 Å². The zero-order valence-corrected chi connectivity index (χ0v) is 18.1. The molecule has 1 amide bonds. The van der Waals surface area contributed by atoms with E-state index < -0.39 is 18.0 Å². The largest absolute Gasteiger partial charge is 0.491 e. The molecule has 1 N–H and O–H groups in total. The number of alkyl halides is 2. The van der Waals surface area contributed by atoms with E-state index in [0.29, 0.717) is 43.0 Å². The number of pyridine rings is 2. The summed E-state index contributed by atoms with van der Waals surface area (Å²) in [4.78, 5) is 33.2. The zero-order valence-electron chi connectivity index (χ0n) is 18.1. The Balaban J connectivity index is 1.42. The second-order valence-electron chi connectivity index (χ2n) is 8.66. The Morgan fingerprint density at radius 3 is 2.64 bits per heavy atom. The van der Waals surface area contributed by atoms with Gasteiger partial charge in [-0.05, 0) is 38.3 Å². The summed E-state index contributed by atoms with van der Waals surface area (Å²) < 4.78 is 38.3. The highest BCUT2D eigenvalue weighted by atomic mass is 19.3. The second kappa shape index (κ2) is 7.50. The number of rotatable bonds is 7. The summed E-state index contributed by atoms with van der Waals surface area (Å²) in [5, 5.41) is 2.70. The predicted octanol–water partition coefficient (Wildman–Crippen LogP) is 3.91. The molecule has 3 fully saturated rings. The smallest absolute Gasteiger partial charge is 0.311 e. The third kappa shape index (κ3) is 3.32. The number of halogens is 2. The van der Waals surface area contributed by atoms with Gasteiger partial charge in [-0.15, -0.1) is 0 Å². The lowest BCUT2D eigenvalue weighted by atomic mass is 9.34. The van der Waals surface area contributed by atoms with Gasteiger partial charge >= 0.3 is 5.97 Å². The topological polar surface area (TPSA) is 94.8 Å². The average molecular weight is 456 g/mol. The van der Waals surface area contributed by atoms with Crippen molar-refractivity contribution in [2.45, 2.75) is 38.0 Å². The monoisotopic (exact) mass is 456 g/mol. The van der Waals surface area contributed by atoms with E-state index in [4.69, 9.17) is 14.5 Å². The van der Waals surface area contributed by atoms with E-state index in [1.807, 2.05) is 13.1 Å². The lowest BCUT2D eigenvalue weighted by Crippen LogP contribution is -2.68. The van der Waals surface area contributed by atoms with Crippen LogP contribution in [0.15, 0.2) is 36.7 Å². The third-order valence-corrected chi connectivity index (χ3v) is 6.52. The molecule has 172 valence electrons. The summed E-state index contributed by atoms with van der Waals surface area (Å²) in [5.74, 6) is -0.386. The highest BCUT2D eigenvalue weighted by Crippen LogP contribution is 2.73. The minimum atomic E-state index is -2.77. The van der Waals surface area contributed by atoms with Gasteiger partial charge in [-0.1, -0.05) is 6.07 Å². The Bertz CT molecular complexity index is 1250. The van der Waals surface area contributed by atoms with E-state index in [9.17, 15) is 18.4 Å². The van der Waals surface area contributed by atoms with Crippen molar-refractivity contribution in [2.24, 2.45) is 5.41 Å². The number of hydrogen-bond acceptors (Lipinski definition) is 6. The summed E-state index contributed by atoms with van der Waals surface area (Å²) in [6, 6.07) is 5.62. The van der Waals surface area contributed by atoms with Crippen LogP contribution in [0.5, 0.6) is 5.75 Å². The summed E-state index contributed by atoms with van der Waals surface area (Å²) in [6.07, 6.45) is 2.93. The van der Waals surface area contributed by atoms with Crippen molar-refractivity contribution in [3.05, 3.63) is 53.7 Å². The Morgan fingerprint density at radius 1 is 1.21 bits per heavy atom. The Labute approximate surface area is 187 Å². The average Bonchev–Trinajstić information content (AvgIpc) is 3.14. The summed E-state index contributed by atoms with van der Waals surface area (Å²) in [7, 11) is 1.41. The van der Waals surface area contributed by atoms with Crippen LogP contribution in [0.25, 0.3) is 5.65 Å². The maximum absolute atomic E-state index is 13.0. The Hall–Kier alpha value is -3.56. The van der Waals surface area contributed by atoms with E-state index in [2.05, 4.69) is 10.3 Å². The van der Waals surface area contributed by atoms with Crippen LogP contribution in [-0.4, -0.2) is 40.0 Å². The van der Waals surface area contributed by atoms with Crippen molar-refractivity contribution < 1.29 is 27.8 Å². The summed E-state index contributed by atoms with van der Waals surface area (Å²) in [5.41, 5.74) is 0.793. The minimum Gasteiger partial charge on any atom is -0.491 e. The van der Waals surface area contributed by atoms with Crippen LogP contribution in [0.4, 0.5) is 14.5 Å². The molecule has 33 heavy (non-hydrogen) atoms. The molecule has 3 aliphatic carbocycles. The molecule has 0 aliphatic heterocycles. The van der Waals surface area contributed by atoms with Crippen molar-refractivity contribution in [1.82, 2.24) is 14.4 Å². The molecular weight excluding hydrogens is 434 g/mol. The van der Waals surface area contributed by atoms with Crippen LogP contribution in [0.3, 0.4) is 0 Å². The van der Waals surface area contributed by atoms with Gasteiger partial charge in [0.15, 0.2) is 0 Å². The van der Waals surface area contributed by atoms with Gasteiger partial charge in [0, 0.05) is 23.9 Å². The number of methoxy groups -OCH3 is 1. The number of hydrogen-bond donors (Lipinski definition) is 1. The van der Waals surface area contributed by atoms with Crippen LogP contribution in [0.1, 0.15) is 54.5 Å². The van der Waals surface area contributed by atoms with E-state index >= 15 is 0 Å². The van der Waals surface area contributed by atoms with Crippen LogP contribution in [-0.2, 0) is 14.9 Å². The van der Waals surface area contributed by atoms with Crippen molar-refractivity contribution >= 4 is 23.2 Å². The molecule has 8 nitrogen and oxygen atoms in total. The number of imidazole rings is 1. The normalized spacial score (nSPS) is 23.1. The van der Waals surface area contributed by atoms with Crippen LogP contribution < -0.4 is 10.1 Å². The molecule has 0 atom stereocenters. The number of amides is 1. The van der Waals surface area contributed by atoms with Gasteiger partial charge in [0.2, 0.25) is 0 Å². The molecule has 10 heteroatoms. The molecule has 0 unspecified atom stereocenters. The third-order valence-electron chi connectivity index (χ3n) is 6.52. The molecule has 3 saturated carbocycles. The molecule has 0 saturated heterocycles. The fourth-order valence-electron chi connectivity index (χ4n) is 5.02. The first-order valence-electron chi connectivity index (χ1n) is 10.6. The van der Waals surface area contributed by atoms with Gasteiger partial charge in [0.25, 0.3) is 12.3 Å². The van der Waals surface area contributed by atoms with E-state index in [1.165, 1.54) is 25.3 Å². The number of carbonyl (C=O) groups excluding carboxylic acids is 2. The first kappa shape index (κ1) is 21.3. The van der Waals surface area contributed by atoms with Crippen molar-refractivity contribution in [3.8, 4) is 5.75 Å². The highest BCUT2D eigenvalue weighted by molar-refractivity contribution is 6.03. The lowest BCUT2D eigenvalue weighted by molar-refractivity contribution is -0.198. The number of nitrogens with one attached hydrogen (secondary N) is 1. The first-order valence-corrected chi connectivity index (χ1v) is 10.6. The standard InChI is InChI=1S/C23H22F2N4O4/c1-3-33-16-7-18-28-17(22-10-23(11-22,12-22)21(31)32-2)9-29(18)8-15(16)27-20(30)14-6-4-5-13(26-14)19(24)25/h4-9,19H,3,10-12H2,1-2H3,(H,27,30). The van der Waals surface area contributed by atoms with Crippen molar-refractivity contribution in [1.29, 1.82) is 0 Å². The quantitative estimate of drug-likeness (QED) is 0.542. The SMILES string of the molecule is CCOc1cc2nc(C34CC(C(=O)OC)(C3)C4)cn2cc1NC(=O)c1cccc(C(F)F)n1. The number of ether oxygens (including phenoxy) is 2. The van der Waals surface area contributed by atoms with Gasteiger partial charge in [-0.2, -0.15) is 0 Å².